The quantitative estimate of drug-likeness (QED) is 0.713. The van der Waals surface area contributed by atoms with Crippen molar-refractivity contribution in [3.63, 3.8) is 0 Å². The summed E-state index contributed by atoms with van der Waals surface area (Å²) in [4.78, 5) is 11.3. The molecule has 2 nitrogen and oxygen atoms in total. The first-order valence-electron chi connectivity index (χ1n) is 5.41. The minimum absolute atomic E-state index is 0.112. The van der Waals surface area contributed by atoms with E-state index in [0.29, 0.717) is 26.6 Å². The molecule has 0 bridgehead atoms. The van der Waals surface area contributed by atoms with Gasteiger partial charge in [-0.05, 0) is 53.2 Å². The number of hydrogen-bond donors (Lipinski definition) is 0. The lowest BCUT2D eigenvalue weighted by Crippen LogP contribution is -1.94. The third kappa shape index (κ3) is 3.33. The van der Waals surface area contributed by atoms with Crippen LogP contribution in [0.4, 0.5) is 4.39 Å². The van der Waals surface area contributed by atoms with E-state index in [1.807, 2.05) is 0 Å². The van der Waals surface area contributed by atoms with E-state index in [4.69, 9.17) is 16.3 Å². The van der Waals surface area contributed by atoms with Gasteiger partial charge < -0.3 is 4.74 Å². The summed E-state index contributed by atoms with van der Waals surface area (Å²) in [7, 11) is 0. The largest absolute Gasteiger partial charge is 0.456 e. The van der Waals surface area contributed by atoms with Crippen LogP contribution in [-0.4, -0.2) is 5.78 Å². The molecule has 0 aliphatic carbocycles. The molecule has 0 aliphatic heterocycles. The van der Waals surface area contributed by atoms with Crippen molar-refractivity contribution in [2.24, 2.45) is 0 Å². The molecule has 0 aromatic heterocycles. The second-order valence-corrected chi connectivity index (χ2v) is 5.14. The number of carbonyl (C=O) groups excluding carboxylic acids is 1. The Bertz CT molecular complexity index is 643. The summed E-state index contributed by atoms with van der Waals surface area (Å²) in [6.07, 6.45) is 0. The fraction of sp³-hybridized carbons (Fsp3) is 0.0714. The van der Waals surface area contributed by atoms with Crippen molar-refractivity contribution in [2.75, 3.05) is 0 Å². The van der Waals surface area contributed by atoms with Crippen molar-refractivity contribution in [3.05, 3.63) is 57.3 Å². The van der Waals surface area contributed by atoms with Gasteiger partial charge in [-0.25, -0.2) is 4.39 Å². The van der Waals surface area contributed by atoms with E-state index >= 15 is 0 Å². The summed E-state index contributed by atoms with van der Waals surface area (Å²) in [5.41, 5.74) is 0.437. The van der Waals surface area contributed by atoms with E-state index in [-0.39, 0.29) is 11.6 Å². The molecule has 0 radical (unpaired) electrons. The number of rotatable bonds is 3. The number of ketones is 1. The first kappa shape index (κ1) is 14.0. The first-order chi connectivity index (χ1) is 8.97. The van der Waals surface area contributed by atoms with E-state index in [2.05, 4.69) is 15.9 Å². The third-order valence-corrected chi connectivity index (χ3v) is 3.37. The Morgan fingerprint density at radius 2 is 2.00 bits per heavy atom. The predicted molar refractivity (Wildman–Crippen MR) is 75.6 cm³/mol. The standard InChI is InChI=1S/C14H9BrClFO2/c1-8(18)11-4-3-10(7-13(11)16)19-14-5-2-9(17)6-12(14)15/h2-7H,1H3. The van der Waals surface area contributed by atoms with Crippen LogP contribution in [0.25, 0.3) is 0 Å². The Morgan fingerprint density at radius 1 is 1.26 bits per heavy atom. The fourth-order valence-electron chi connectivity index (χ4n) is 1.53. The molecular formula is C14H9BrClFO2. The maximum atomic E-state index is 12.9. The number of ether oxygens (including phenoxy) is 1. The van der Waals surface area contributed by atoms with Gasteiger partial charge >= 0.3 is 0 Å². The van der Waals surface area contributed by atoms with Crippen molar-refractivity contribution in [2.45, 2.75) is 6.92 Å². The van der Waals surface area contributed by atoms with Crippen LogP contribution in [0.5, 0.6) is 11.5 Å². The summed E-state index contributed by atoms with van der Waals surface area (Å²) in [6, 6.07) is 8.89. The summed E-state index contributed by atoms with van der Waals surface area (Å²) in [5, 5.41) is 0.322. The van der Waals surface area contributed by atoms with E-state index < -0.39 is 0 Å². The smallest absolute Gasteiger partial charge is 0.161 e. The predicted octanol–water partition coefficient (Wildman–Crippen LogP) is 5.24. The molecule has 2 aromatic rings. The molecule has 0 spiro atoms. The highest BCUT2D eigenvalue weighted by Gasteiger charge is 2.09. The Balaban J connectivity index is 2.29. The Labute approximate surface area is 123 Å². The zero-order valence-electron chi connectivity index (χ0n) is 9.91. The van der Waals surface area contributed by atoms with E-state index in [1.165, 1.54) is 25.1 Å². The Morgan fingerprint density at radius 3 is 2.58 bits per heavy atom. The van der Waals surface area contributed by atoms with Crippen molar-refractivity contribution in [1.82, 2.24) is 0 Å². The molecule has 0 atom stereocenters. The van der Waals surface area contributed by atoms with Gasteiger partial charge in [0.25, 0.3) is 0 Å². The average Bonchev–Trinajstić information content (AvgIpc) is 2.32. The van der Waals surface area contributed by atoms with E-state index in [0.717, 1.165) is 0 Å². The van der Waals surface area contributed by atoms with Crippen molar-refractivity contribution in [1.29, 1.82) is 0 Å². The van der Waals surface area contributed by atoms with Crippen LogP contribution in [0.2, 0.25) is 5.02 Å². The lowest BCUT2D eigenvalue weighted by atomic mass is 10.1. The summed E-state index contributed by atoms with van der Waals surface area (Å²) in [5.74, 6) is 0.471. The monoisotopic (exact) mass is 342 g/mol. The van der Waals surface area contributed by atoms with Crippen LogP contribution in [0.3, 0.4) is 0 Å². The topological polar surface area (TPSA) is 26.3 Å². The van der Waals surface area contributed by atoms with Gasteiger partial charge in [-0.1, -0.05) is 11.6 Å². The van der Waals surface area contributed by atoms with Crippen LogP contribution in [-0.2, 0) is 0 Å². The molecule has 98 valence electrons. The van der Waals surface area contributed by atoms with Crippen LogP contribution in [0.1, 0.15) is 17.3 Å². The lowest BCUT2D eigenvalue weighted by Gasteiger charge is -2.09. The number of Topliss-reactive ketones (excluding diaryl/α,β-unsaturated/α-hetero) is 1. The van der Waals surface area contributed by atoms with Crippen LogP contribution < -0.4 is 4.74 Å². The highest BCUT2D eigenvalue weighted by molar-refractivity contribution is 9.10. The van der Waals surface area contributed by atoms with Gasteiger partial charge in [-0.3, -0.25) is 4.79 Å². The SMILES string of the molecule is CC(=O)c1ccc(Oc2ccc(F)cc2Br)cc1Cl. The number of hydrogen-bond acceptors (Lipinski definition) is 2. The molecule has 0 unspecified atom stereocenters. The van der Waals surface area contributed by atoms with Crippen LogP contribution in [0, 0.1) is 5.82 Å². The Hall–Kier alpha value is -1.39. The molecule has 2 rings (SSSR count). The molecule has 5 heteroatoms. The normalized spacial score (nSPS) is 10.3. The van der Waals surface area contributed by atoms with Crippen LogP contribution in [0.15, 0.2) is 40.9 Å². The third-order valence-electron chi connectivity index (χ3n) is 2.44. The van der Waals surface area contributed by atoms with Gasteiger partial charge in [-0.2, -0.15) is 0 Å². The van der Waals surface area contributed by atoms with Crippen LogP contribution >= 0.6 is 27.5 Å². The second-order valence-electron chi connectivity index (χ2n) is 3.87. The van der Waals surface area contributed by atoms with Gasteiger partial charge in [0.1, 0.15) is 17.3 Å². The number of halogens is 3. The lowest BCUT2D eigenvalue weighted by molar-refractivity contribution is 0.101. The minimum atomic E-state index is -0.357. The first-order valence-corrected chi connectivity index (χ1v) is 6.58. The van der Waals surface area contributed by atoms with E-state index in [1.54, 1.807) is 18.2 Å². The van der Waals surface area contributed by atoms with Gasteiger partial charge in [0, 0.05) is 11.6 Å². The maximum Gasteiger partial charge on any atom is 0.161 e. The molecular weight excluding hydrogens is 335 g/mol. The van der Waals surface area contributed by atoms with Gasteiger partial charge in [0.15, 0.2) is 5.78 Å². The van der Waals surface area contributed by atoms with Gasteiger partial charge in [-0.15, -0.1) is 0 Å². The van der Waals surface area contributed by atoms with Crippen molar-refractivity contribution in [3.8, 4) is 11.5 Å². The molecule has 0 amide bonds. The summed E-state index contributed by atoms with van der Waals surface area (Å²) < 4.78 is 19.0. The molecule has 0 aliphatic rings. The molecule has 19 heavy (non-hydrogen) atoms. The molecule has 2 aromatic carbocycles. The molecule has 0 heterocycles. The molecule has 0 saturated carbocycles. The number of carbonyl (C=O) groups is 1. The highest BCUT2D eigenvalue weighted by Crippen LogP contribution is 2.32. The Kier molecular flexibility index (Phi) is 4.22. The summed E-state index contributed by atoms with van der Waals surface area (Å²) in [6.45, 7) is 1.44. The second kappa shape index (κ2) is 5.72. The van der Waals surface area contributed by atoms with Crippen molar-refractivity contribution >= 4 is 33.3 Å². The average molecular weight is 344 g/mol. The minimum Gasteiger partial charge on any atom is -0.456 e. The zero-order valence-corrected chi connectivity index (χ0v) is 12.3. The molecule has 0 N–H and O–H groups in total. The molecule has 0 fully saturated rings. The fourth-order valence-corrected chi connectivity index (χ4v) is 2.27. The van der Waals surface area contributed by atoms with Gasteiger partial charge in [0.05, 0.1) is 9.50 Å². The van der Waals surface area contributed by atoms with E-state index in [9.17, 15) is 9.18 Å². The molecule has 0 saturated heterocycles. The maximum absolute atomic E-state index is 12.9. The summed E-state index contributed by atoms with van der Waals surface area (Å²) >= 11 is 9.19. The zero-order chi connectivity index (χ0) is 14.0. The highest BCUT2D eigenvalue weighted by atomic mass is 79.9. The van der Waals surface area contributed by atoms with Crippen molar-refractivity contribution < 1.29 is 13.9 Å². The van der Waals surface area contributed by atoms with Gasteiger partial charge in [0.2, 0.25) is 0 Å². The number of benzene rings is 2.